The number of nitrogens with zero attached hydrogens (tertiary/aromatic N) is 3. The number of carbonyl (C=O) groups excluding carboxylic acids is 2. The minimum atomic E-state index is -0.287. The van der Waals surface area contributed by atoms with Crippen molar-refractivity contribution >= 4 is 17.9 Å². The van der Waals surface area contributed by atoms with Gasteiger partial charge in [-0.05, 0) is 25.7 Å². The zero-order valence-electron chi connectivity index (χ0n) is 15.1. The number of hydrogen-bond donors (Lipinski definition) is 2. The maximum atomic E-state index is 12.3. The van der Waals surface area contributed by atoms with Gasteiger partial charge in [0.1, 0.15) is 0 Å². The van der Waals surface area contributed by atoms with Gasteiger partial charge in [-0.1, -0.05) is 13.8 Å². The van der Waals surface area contributed by atoms with Crippen molar-refractivity contribution in [3.8, 4) is 0 Å². The Morgan fingerprint density at radius 2 is 1.92 bits per heavy atom. The molecule has 0 radical (unpaired) electrons. The molecule has 0 spiro atoms. The summed E-state index contributed by atoms with van der Waals surface area (Å²) in [5.41, 5.74) is 0.433. The summed E-state index contributed by atoms with van der Waals surface area (Å²) in [7, 11) is 0. The molecule has 2 rings (SSSR count). The van der Waals surface area contributed by atoms with Crippen molar-refractivity contribution in [1.29, 1.82) is 0 Å². The molecule has 1 aliphatic heterocycles. The highest BCUT2D eigenvalue weighted by Gasteiger charge is 2.24. The molecule has 0 bridgehead atoms. The molecule has 1 aromatic rings. The van der Waals surface area contributed by atoms with Crippen LogP contribution in [0.4, 0.5) is 10.7 Å². The second-order valence-electron chi connectivity index (χ2n) is 6.50. The van der Waals surface area contributed by atoms with E-state index in [2.05, 4.69) is 34.4 Å². The molecule has 1 aliphatic rings. The average Bonchev–Trinajstić information content (AvgIpc) is 2.61. The topological polar surface area (TPSA) is 96.5 Å². The Morgan fingerprint density at radius 3 is 2.48 bits per heavy atom. The van der Waals surface area contributed by atoms with E-state index >= 15 is 0 Å². The summed E-state index contributed by atoms with van der Waals surface area (Å²) in [6, 6.07) is 0.0388. The van der Waals surface area contributed by atoms with E-state index in [-0.39, 0.29) is 18.0 Å². The lowest BCUT2D eigenvalue weighted by molar-refractivity contribution is 0.0859. The van der Waals surface area contributed by atoms with Crippen LogP contribution in [0.1, 0.15) is 44.0 Å². The molecule has 0 saturated carbocycles. The van der Waals surface area contributed by atoms with Crippen LogP contribution in [0.15, 0.2) is 12.4 Å². The molecule has 2 N–H and O–H groups in total. The van der Waals surface area contributed by atoms with Gasteiger partial charge < -0.3 is 20.3 Å². The predicted octanol–water partition coefficient (Wildman–Crippen LogP) is 1.90. The van der Waals surface area contributed by atoms with Gasteiger partial charge in [0, 0.05) is 38.1 Å². The highest BCUT2D eigenvalue weighted by atomic mass is 16.6. The summed E-state index contributed by atoms with van der Waals surface area (Å²) in [5.74, 6) is 0.824. The molecule has 1 aromatic heterocycles. The Kier molecular flexibility index (Phi) is 6.97. The van der Waals surface area contributed by atoms with Crippen molar-refractivity contribution in [3.63, 3.8) is 0 Å². The largest absolute Gasteiger partial charge is 0.450 e. The van der Waals surface area contributed by atoms with Crippen molar-refractivity contribution in [2.75, 3.05) is 31.6 Å². The molecule has 2 amide bonds. The second-order valence-corrected chi connectivity index (χ2v) is 6.50. The standard InChI is InChI=1S/C17H27N5O3/c1-4-25-17(24)22-7-5-14(6-8-22)21-15(23)13-10-19-16(20-11-13)18-9-12(2)3/h10-12,14H,4-9H2,1-3H3,(H,21,23)(H,18,19,20). The van der Waals surface area contributed by atoms with Crippen molar-refractivity contribution < 1.29 is 14.3 Å². The van der Waals surface area contributed by atoms with Gasteiger partial charge in [0.2, 0.25) is 5.95 Å². The van der Waals surface area contributed by atoms with Crippen LogP contribution >= 0.6 is 0 Å². The maximum absolute atomic E-state index is 12.3. The molecule has 0 unspecified atom stereocenters. The van der Waals surface area contributed by atoms with Crippen LogP contribution in [0, 0.1) is 5.92 Å². The number of anilines is 1. The summed E-state index contributed by atoms with van der Waals surface area (Å²) in [6.45, 7) is 8.31. The first-order chi connectivity index (χ1) is 12.0. The van der Waals surface area contributed by atoms with Gasteiger partial charge in [-0.15, -0.1) is 0 Å². The van der Waals surface area contributed by atoms with E-state index in [1.165, 1.54) is 12.4 Å². The number of carbonyl (C=O) groups is 2. The second kappa shape index (κ2) is 9.19. The van der Waals surface area contributed by atoms with E-state index in [9.17, 15) is 9.59 Å². The number of ether oxygens (including phenoxy) is 1. The Bertz CT molecular complexity index is 568. The third-order valence-electron chi connectivity index (χ3n) is 3.94. The normalized spacial score (nSPS) is 15.1. The maximum Gasteiger partial charge on any atom is 0.409 e. The van der Waals surface area contributed by atoms with Gasteiger partial charge in [-0.3, -0.25) is 4.79 Å². The van der Waals surface area contributed by atoms with E-state index in [0.717, 1.165) is 6.54 Å². The molecule has 1 fully saturated rings. The lowest BCUT2D eigenvalue weighted by Gasteiger charge is -2.31. The third kappa shape index (κ3) is 5.88. The fourth-order valence-corrected chi connectivity index (χ4v) is 2.52. The van der Waals surface area contributed by atoms with Crippen molar-refractivity contribution in [2.24, 2.45) is 5.92 Å². The molecule has 2 heterocycles. The molecular formula is C17H27N5O3. The Morgan fingerprint density at radius 1 is 1.28 bits per heavy atom. The van der Waals surface area contributed by atoms with Crippen LogP contribution in [0.25, 0.3) is 0 Å². The van der Waals surface area contributed by atoms with Crippen molar-refractivity contribution in [1.82, 2.24) is 20.2 Å². The first-order valence-corrected chi connectivity index (χ1v) is 8.78. The highest BCUT2D eigenvalue weighted by Crippen LogP contribution is 2.12. The summed E-state index contributed by atoms with van der Waals surface area (Å²) < 4.78 is 4.99. The zero-order chi connectivity index (χ0) is 18.2. The van der Waals surface area contributed by atoms with Crippen molar-refractivity contribution in [2.45, 2.75) is 39.7 Å². The van der Waals surface area contributed by atoms with Crippen LogP contribution in [0.2, 0.25) is 0 Å². The van der Waals surface area contributed by atoms with Crippen molar-refractivity contribution in [3.05, 3.63) is 18.0 Å². The monoisotopic (exact) mass is 349 g/mol. The number of piperidine rings is 1. The number of likely N-dealkylation sites (tertiary alicyclic amines) is 1. The van der Waals surface area contributed by atoms with Gasteiger partial charge in [-0.25, -0.2) is 14.8 Å². The number of amides is 2. The predicted molar refractivity (Wildman–Crippen MR) is 94.4 cm³/mol. The van der Waals surface area contributed by atoms with Gasteiger partial charge in [0.05, 0.1) is 12.2 Å². The van der Waals surface area contributed by atoms with Gasteiger partial charge in [0.15, 0.2) is 0 Å². The molecule has 25 heavy (non-hydrogen) atoms. The molecule has 0 aromatic carbocycles. The first-order valence-electron chi connectivity index (χ1n) is 8.78. The van der Waals surface area contributed by atoms with Crippen LogP contribution in [0.5, 0.6) is 0 Å². The Balaban J connectivity index is 1.79. The van der Waals surface area contributed by atoms with E-state index in [1.54, 1.807) is 11.8 Å². The molecular weight excluding hydrogens is 322 g/mol. The lowest BCUT2D eigenvalue weighted by Crippen LogP contribution is -2.46. The smallest absolute Gasteiger partial charge is 0.409 e. The summed E-state index contributed by atoms with van der Waals surface area (Å²) >= 11 is 0. The molecule has 0 aliphatic carbocycles. The molecule has 138 valence electrons. The molecule has 0 atom stereocenters. The molecule has 8 heteroatoms. The number of aromatic nitrogens is 2. The van der Waals surface area contributed by atoms with Crippen LogP contribution < -0.4 is 10.6 Å². The number of nitrogens with one attached hydrogen (secondary N) is 2. The van der Waals surface area contributed by atoms with Gasteiger partial charge in [0.25, 0.3) is 5.91 Å². The van der Waals surface area contributed by atoms with E-state index in [1.807, 2.05) is 0 Å². The van der Waals surface area contributed by atoms with E-state index in [0.29, 0.717) is 50.0 Å². The zero-order valence-corrected chi connectivity index (χ0v) is 15.1. The third-order valence-corrected chi connectivity index (χ3v) is 3.94. The molecule has 1 saturated heterocycles. The molecule has 8 nitrogen and oxygen atoms in total. The highest BCUT2D eigenvalue weighted by molar-refractivity contribution is 5.93. The Labute approximate surface area is 148 Å². The van der Waals surface area contributed by atoms with E-state index < -0.39 is 0 Å². The van der Waals surface area contributed by atoms with Crippen LogP contribution in [0.3, 0.4) is 0 Å². The van der Waals surface area contributed by atoms with Crippen LogP contribution in [-0.4, -0.2) is 59.2 Å². The minimum absolute atomic E-state index is 0.0388. The van der Waals surface area contributed by atoms with Gasteiger partial charge >= 0.3 is 6.09 Å². The van der Waals surface area contributed by atoms with E-state index in [4.69, 9.17) is 4.74 Å². The fraction of sp³-hybridized carbons (Fsp3) is 0.647. The van der Waals surface area contributed by atoms with Gasteiger partial charge in [-0.2, -0.15) is 0 Å². The lowest BCUT2D eigenvalue weighted by atomic mass is 10.1. The Hall–Kier alpha value is -2.38. The number of rotatable bonds is 6. The summed E-state index contributed by atoms with van der Waals surface area (Å²) in [5, 5.41) is 6.09. The quantitative estimate of drug-likeness (QED) is 0.814. The number of hydrogen-bond acceptors (Lipinski definition) is 6. The first kappa shape index (κ1) is 19.0. The summed E-state index contributed by atoms with van der Waals surface area (Å²) in [6.07, 6.45) is 4.18. The average molecular weight is 349 g/mol. The SMILES string of the molecule is CCOC(=O)N1CCC(NC(=O)c2cnc(NCC(C)C)nc2)CC1. The van der Waals surface area contributed by atoms with Crippen LogP contribution in [-0.2, 0) is 4.74 Å². The summed E-state index contributed by atoms with van der Waals surface area (Å²) in [4.78, 5) is 34.0. The minimum Gasteiger partial charge on any atom is -0.450 e. The fourth-order valence-electron chi connectivity index (χ4n) is 2.52.